The zero-order valence-corrected chi connectivity index (χ0v) is 12.6. The fraction of sp³-hybridized carbons (Fsp3) is 0.500. The smallest absolute Gasteiger partial charge is 0.191 e. The number of pyridine rings is 1. The van der Waals surface area contributed by atoms with Crippen molar-refractivity contribution in [2.24, 2.45) is 0 Å². The van der Waals surface area contributed by atoms with Gasteiger partial charge in [0.1, 0.15) is 5.82 Å². The summed E-state index contributed by atoms with van der Waals surface area (Å²) in [4.78, 5) is 4.34. The largest absolute Gasteiger partial charge is 0.303 e. The topological polar surface area (TPSA) is 43.6 Å². The van der Waals surface area contributed by atoms with Crippen LogP contribution in [0.25, 0.3) is 0 Å². The molecule has 6 heteroatoms. The van der Waals surface area contributed by atoms with Gasteiger partial charge in [0.2, 0.25) is 0 Å². The van der Waals surface area contributed by atoms with Gasteiger partial charge >= 0.3 is 0 Å². The summed E-state index contributed by atoms with van der Waals surface area (Å²) < 4.78 is 2.37. The van der Waals surface area contributed by atoms with Gasteiger partial charge < -0.3 is 4.57 Å². The van der Waals surface area contributed by atoms with Crippen LogP contribution >= 0.6 is 23.4 Å². The average molecular weight is 307 g/mol. The first-order valence-electron chi connectivity index (χ1n) is 6.99. The van der Waals surface area contributed by atoms with Gasteiger partial charge in [-0.3, -0.25) is 4.98 Å². The van der Waals surface area contributed by atoms with Gasteiger partial charge in [0.25, 0.3) is 0 Å². The standard InChI is InChI=1S/C14H15ClN4S/c15-10-5-6-16-11(7-10)8-20-14-18-17-13(9-1-2-9)19(14)12-3-4-12/h5-7,9,12H,1-4,8H2. The molecule has 0 atom stereocenters. The van der Waals surface area contributed by atoms with Crippen molar-refractivity contribution in [3.05, 3.63) is 34.9 Å². The van der Waals surface area contributed by atoms with E-state index in [-0.39, 0.29) is 0 Å². The van der Waals surface area contributed by atoms with Crippen LogP contribution in [0.3, 0.4) is 0 Å². The minimum atomic E-state index is 0.635. The number of hydrogen-bond donors (Lipinski definition) is 0. The zero-order chi connectivity index (χ0) is 13.5. The first-order chi connectivity index (χ1) is 9.81. The highest BCUT2D eigenvalue weighted by molar-refractivity contribution is 7.98. The van der Waals surface area contributed by atoms with Crippen LogP contribution < -0.4 is 0 Å². The Kier molecular flexibility index (Phi) is 3.19. The molecule has 2 heterocycles. The summed E-state index contributed by atoms with van der Waals surface area (Å²) >= 11 is 7.70. The molecular weight excluding hydrogens is 292 g/mol. The molecule has 2 aliphatic carbocycles. The molecule has 0 unspecified atom stereocenters. The second-order valence-electron chi connectivity index (χ2n) is 5.47. The SMILES string of the molecule is Clc1ccnc(CSc2nnc(C3CC3)n2C2CC2)c1. The predicted octanol–water partition coefficient (Wildman–Crippen LogP) is 3.83. The highest BCUT2D eigenvalue weighted by Gasteiger charge is 2.36. The summed E-state index contributed by atoms with van der Waals surface area (Å²) in [5.74, 6) is 2.64. The van der Waals surface area contributed by atoms with E-state index in [0.717, 1.165) is 21.6 Å². The van der Waals surface area contributed by atoms with E-state index >= 15 is 0 Å². The highest BCUT2D eigenvalue weighted by Crippen LogP contribution is 2.46. The molecule has 0 amide bonds. The van der Waals surface area contributed by atoms with Crippen molar-refractivity contribution in [3.63, 3.8) is 0 Å². The molecule has 0 aromatic carbocycles. The number of aromatic nitrogens is 4. The quantitative estimate of drug-likeness (QED) is 0.787. The summed E-state index contributed by atoms with van der Waals surface area (Å²) in [5, 5.41) is 10.6. The Morgan fingerprint density at radius 2 is 2.10 bits per heavy atom. The number of hydrogen-bond acceptors (Lipinski definition) is 4. The first kappa shape index (κ1) is 12.7. The summed E-state index contributed by atoms with van der Waals surface area (Å²) in [6.07, 6.45) is 6.82. The molecule has 0 saturated heterocycles. The minimum Gasteiger partial charge on any atom is -0.303 e. The summed E-state index contributed by atoms with van der Waals surface area (Å²) in [6.45, 7) is 0. The van der Waals surface area contributed by atoms with Crippen LogP contribution in [0.15, 0.2) is 23.5 Å². The lowest BCUT2D eigenvalue weighted by atomic mass is 10.4. The van der Waals surface area contributed by atoms with Crippen molar-refractivity contribution in [1.82, 2.24) is 19.7 Å². The number of halogens is 1. The van der Waals surface area contributed by atoms with E-state index in [1.807, 2.05) is 6.07 Å². The van der Waals surface area contributed by atoms with Crippen molar-refractivity contribution in [2.75, 3.05) is 0 Å². The Morgan fingerprint density at radius 3 is 2.80 bits per heavy atom. The Labute approximate surface area is 127 Å². The van der Waals surface area contributed by atoms with E-state index < -0.39 is 0 Å². The van der Waals surface area contributed by atoms with Crippen molar-refractivity contribution < 1.29 is 0 Å². The molecule has 0 spiro atoms. The number of nitrogens with zero attached hydrogens (tertiary/aromatic N) is 4. The third kappa shape index (κ3) is 2.56. The third-order valence-corrected chi connectivity index (χ3v) is 4.88. The molecule has 0 N–H and O–H groups in total. The van der Waals surface area contributed by atoms with Crippen molar-refractivity contribution in [3.8, 4) is 0 Å². The van der Waals surface area contributed by atoms with Gasteiger partial charge in [-0.05, 0) is 37.8 Å². The minimum absolute atomic E-state index is 0.635. The lowest BCUT2D eigenvalue weighted by molar-refractivity contribution is 0.627. The molecule has 0 radical (unpaired) electrons. The van der Waals surface area contributed by atoms with E-state index in [4.69, 9.17) is 11.6 Å². The first-order valence-corrected chi connectivity index (χ1v) is 8.35. The Morgan fingerprint density at radius 1 is 1.25 bits per heavy atom. The van der Waals surface area contributed by atoms with Gasteiger partial charge in [-0.2, -0.15) is 0 Å². The molecule has 4 rings (SSSR count). The van der Waals surface area contributed by atoms with Gasteiger partial charge in [-0.15, -0.1) is 10.2 Å². The summed E-state index contributed by atoms with van der Waals surface area (Å²) in [7, 11) is 0. The van der Waals surface area contributed by atoms with Crippen LogP contribution in [-0.2, 0) is 5.75 Å². The summed E-state index contributed by atoms with van der Waals surface area (Å²) in [6, 6.07) is 4.34. The van der Waals surface area contributed by atoms with Crippen LogP contribution in [0.4, 0.5) is 0 Å². The van der Waals surface area contributed by atoms with Crippen molar-refractivity contribution in [2.45, 2.75) is 48.6 Å². The maximum absolute atomic E-state index is 5.99. The average Bonchev–Trinajstić information content (AvgIpc) is 3.35. The fourth-order valence-electron chi connectivity index (χ4n) is 2.35. The Balaban J connectivity index is 1.53. The van der Waals surface area contributed by atoms with Crippen LogP contribution in [-0.4, -0.2) is 19.7 Å². The van der Waals surface area contributed by atoms with Crippen molar-refractivity contribution >= 4 is 23.4 Å². The van der Waals surface area contributed by atoms with Crippen molar-refractivity contribution in [1.29, 1.82) is 0 Å². The molecule has 104 valence electrons. The Bertz CT molecular complexity index is 634. The van der Waals surface area contributed by atoms with E-state index in [2.05, 4.69) is 19.7 Å². The van der Waals surface area contributed by atoms with E-state index in [9.17, 15) is 0 Å². The van der Waals surface area contributed by atoms with Gasteiger partial charge in [-0.25, -0.2) is 0 Å². The van der Waals surface area contributed by atoms with Crippen LogP contribution in [0.5, 0.6) is 0 Å². The van der Waals surface area contributed by atoms with Gasteiger partial charge in [0.15, 0.2) is 5.16 Å². The van der Waals surface area contributed by atoms with Gasteiger partial charge in [0.05, 0.1) is 5.69 Å². The van der Waals surface area contributed by atoms with E-state index in [0.29, 0.717) is 12.0 Å². The number of rotatable bonds is 5. The summed E-state index contributed by atoms with van der Waals surface area (Å²) in [5.41, 5.74) is 0.987. The van der Waals surface area contributed by atoms with Crippen LogP contribution in [0.2, 0.25) is 5.02 Å². The fourth-order valence-corrected chi connectivity index (χ4v) is 3.45. The zero-order valence-electron chi connectivity index (χ0n) is 11.0. The molecular formula is C14H15ClN4S. The second-order valence-corrected chi connectivity index (χ2v) is 6.85. The predicted molar refractivity (Wildman–Crippen MR) is 79.1 cm³/mol. The van der Waals surface area contributed by atoms with E-state index in [1.54, 1.807) is 24.0 Å². The van der Waals surface area contributed by atoms with Gasteiger partial charge in [0, 0.05) is 28.9 Å². The molecule has 2 aromatic rings. The van der Waals surface area contributed by atoms with E-state index in [1.165, 1.54) is 31.5 Å². The maximum atomic E-state index is 5.99. The molecule has 2 fully saturated rings. The van der Waals surface area contributed by atoms with Crippen LogP contribution in [0, 0.1) is 0 Å². The molecule has 2 saturated carbocycles. The second kappa shape index (κ2) is 5.04. The van der Waals surface area contributed by atoms with Crippen LogP contribution in [0.1, 0.15) is 49.2 Å². The third-order valence-electron chi connectivity index (χ3n) is 3.67. The molecule has 2 aliphatic rings. The Hall–Kier alpha value is -1.07. The lowest BCUT2D eigenvalue weighted by Crippen LogP contribution is -2.02. The molecule has 4 nitrogen and oxygen atoms in total. The van der Waals surface area contributed by atoms with Gasteiger partial charge in [-0.1, -0.05) is 23.4 Å². The highest BCUT2D eigenvalue weighted by atomic mass is 35.5. The monoisotopic (exact) mass is 306 g/mol. The maximum Gasteiger partial charge on any atom is 0.191 e. The molecule has 0 aliphatic heterocycles. The molecule has 2 aromatic heterocycles. The molecule has 0 bridgehead atoms. The lowest BCUT2D eigenvalue weighted by Gasteiger charge is -2.07. The number of thioether (sulfide) groups is 1. The molecule has 20 heavy (non-hydrogen) atoms. The normalized spacial score (nSPS) is 18.4.